The Kier molecular flexibility index (Phi) is 4.24. The molecule has 6 nitrogen and oxygen atoms in total. The lowest BCUT2D eigenvalue weighted by molar-refractivity contribution is 0.0635. The summed E-state index contributed by atoms with van der Waals surface area (Å²) >= 11 is 5.75. The van der Waals surface area contributed by atoms with Crippen LogP contribution in [0.25, 0.3) is 0 Å². The summed E-state index contributed by atoms with van der Waals surface area (Å²) in [5.74, 6) is -0.171. The quantitative estimate of drug-likeness (QED) is 0.836. The van der Waals surface area contributed by atoms with Crippen molar-refractivity contribution in [3.63, 3.8) is 0 Å². The fourth-order valence-corrected chi connectivity index (χ4v) is 1.34. The summed E-state index contributed by atoms with van der Waals surface area (Å²) in [6, 6.07) is 0. The summed E-state index contributed by atoms with van der Waals surface area (Å²) in [6.45, 7) is 6.55. The van der Waals surface area contributed by atoms with Gasteiger partial charge < -0.3 is 4.74 Å². The Morgan fingerprint density at radius 2 is 2.00 bits per heavy atom. The van der Waals surface area contributed by atoms with Gasteiger partial charge in [-0.05, 0) is 20.8 Å². The number of nitrogens with zero attached hydrogens (tertiary/aromatic N) is 2. The van der Waals surface area contributed by atoms with Crippen LogP contribution in [0.2, 0.25) is 5.15 Å². The first-order valence-corrected chi connectivity index (χ1v) is 5.60. The van der Waals surface area contributed by atoms with E-state index in [2.05, 4.69) is 15.3 Å². The normalized spacial score (nSPS) is 10.9. The molecule has 1 N–H and O–H groups in total. The van der Waals surface area contributed by atoms with Gasteiger partial charge in [0, 0.05) is 6.92 Å². The topological polar surface area (TPSA) is 81.2 Å². The van der Waals surface area contributed by atoms with E-state index in [-0.39, 0.29) is 22.4 Å². The average molecular weight is 272 g/mol. The van der Waals surface area contributed by atoms with E-state index in [4.69, 9.17) is 16.3 Å². The Balaban J connectivity index is 2.78. The summed E-state index contributed by atoms with van der Waals surface area (Å²) < 4.78 is 5.03. The zero-order chi connectivity index (χ0) is 13.9. The minimum atomic E-state index is -0.663. The minimum Gasteiger partial charge on any atom is -0.444 e. The van der Waals surface area contributed by atoms with E-state index < -0.39 is 11.7 Å². The van der Waals surface area contributed by atoms with Crippen LogP contribution < -0.4 is 5.32 Å². The van der Waals surface area contributed by atoms with Crippen molar-refractivity contribution in [1.29, 1.82) is 0 Å². The molecule has 0 saturated heterocycles. The standard InChI is InChI=1S/C11H14ClN3O3/c1-6(16)8-9(12)14-7(5-13-8)15-10(17)18-11(2,3)4/h5H,1-4H3,(H,14,15,17). The van der Waals surface area contributed by atoms with E-state index in [0.29, 0.717) is 0 Å². The molecule has 18 heavy (non-hydrogen) atoms. The lowest BCUT2D eigenvalue weighted by atomic mass is 10.2. The van der Waals surface area contributed by atoms with Gasteiger partial charge in [-0.1, -0.05) is 11.6 Å². The molecule has 0 unspecified atom stereocenters. The third-order valence-corrected chi connectivity index (χ3v) is 1.96. The summed E-state index contributed by atoms with van der Waals surface area (Å²) in [5.41, 5.74) is -0.549. The number of hydrogen-bond acceptors (Lipinski definition) is 5. The Morgan fingerprint density at radius 1 is 1.39 bits per heavy atom. The molecular weight excluding hydrogens is 258 g/mol. The highest BCUT2D eigenvalue weighted by atomic mass is 35.5. The molecule has 0 spiro atoms. The van der Waals surface area contributed by atoms with Gasteiger partial charge in [0.05, 0.1) is 6.20 Å². The van der Waals surface area contributed by atoms with Crippen molar-refractivity contribution < 1.29 is 14.3 Å². The maximum atomic E-state index is 11.4. The Morgan fingerprint density at radius 3 is 2.44 bits per heavy atom. The van der Waals surface area contributed by atoms with E-state index >= 15 is 0 Å². The first-order chi connectivity index (χ1) is 8.19. The van der Waals surface area contributed by atoms with Crippen molar-refractivity contribution >= 4 is 29.3 Å². The second-order valence-electron chi connectivity index (χ2n) is 4.58. The van der Waals surface area contributed by atoms with Gasteiger partial charge in [0.2, 0.25) is 0 Å². The van der Waals surface area contributed by atoms with Crippen LogP contribution in [0.5, 0.6) is 0 Å². The Bertz CT molecular complexity index is 483. The number of amides is 1. The third-order valence-electron chi connectivity index (χ3n) is 1.69. The van der Waals surface area contributed by atoms with Crippen LogP contribution in [0.15, 0.2) is 6.20 Å². The molecule has 0 saturated carbocycles. The first kappa shape index (κ1) is 14.4. The SMILES string of the molecule is CC(=O)c1ncc(NC(=O)OC(C)(C)C)nc1Cl. The van der Waals surface area contributed by atoms with Crippen LogP contribution in [0.4, 0.5) is 10.6 Å². The molecule has 1 heterocycles. The number of ether oxygens (including phenoxy) is 1. The molecule has 1 amide bonds. The Labute approximate surface area is 110 Å². The fourth-order valence-electron chi connectivity index (χ4n) is 1.07. The molecule has 1 aromatic rings. The number of carbonyl (C=O) groups is 2. The molecule has 0 aliphatic rings. The molecule has 7 heteroatoms. The van der Waals surface area contributed by atoms with Crippen LogP contribution in [0.1, 0.15) is 38.2 Å². The van der Waals surface area contributed by atoms with Gasteiger partial charge in [0.1, 0.15) is 11.3 Å². The first-order valence-electron chi connectivity index (χ1n) is 5.22. The van der Waals surface area contributed by atoms with Gasteiger partial charge in [0.15, 0.2) is 16.8 Å². The highest BCUT2D eigenvalue weighted by molar-refractivity contribution is 6.32. The summed E-state index contributed by atoms with van der Waals surface area (Å²) in [4.78, 5) is 30.2. The number of carbonyl (C=O) groups excluding carboxylic acids is 2. The molecule has 0 fully saturated rings. The van der Waals surface area contributed by atoms with Gasteiger partial charge >= 0.3 is 6.09 Å². The molecule has 0 aromatic carbocycles. The maximum Gasteiger partial charge on any atom is 0.413 e. The van der Waals surface area contributed by atoms with Crippen LogP contribution in [0, 0.1) is 0 Å². The third kappa shape index (κ3) is 4.29. The van der Waals surface area contributed by atoms with Crippen molar-refractivity contribution in [3.8, 4) is 0 Å². The number of halogens is 1. The zero-order valence-corrected chi connectivity index (χ0v) is 11.3. The molecular formula is C11H14ClN3O3. The van der Waals surface area contributed by atoms with Gasteiger partial charge in [-0.3, -0.25) is 10.1 Å². The highest BCUT2D eigenvalue weighted by Gasteiger charge is 2.17. The van der Waals surface area contributed by atoms with Gasteiger partial charge in [-0.25, -0.2) is 14.8 Å². The van der Waals surface area contributed by atoms with E-state index in [1.165, 1.54) is 13.1 Å². The van der Waals surface area contributed by atoms with Crippen molar-refractivity contribution in [1.82, 2.24) is 9.97 Å². The molecule has 1 aromatic heterocycles. The minimum absolute atomic E-state index is 0.0592. The number of hydrogen-bond donors (Lipinski definition) is 1. The van der Waals surface area contributed by atoms with Crippen molar-refractivity contribution in [2.45, 2.75) is 33.3 Å². The largest absolute Gasteiger partial charge is 0.444 e. The molecule has 0 atom stereocenters. The van der Waals surface area contributed by atoms with Crippen LogP contribution in [-0.4, -0.2) is 27.4 Å². The van der Waals surface area contributed by atoms with Gasteiger partial charge in [-0.2, -0.15) is 0 Å². The van der Waals surface area contributed by atoms with E-state index in [9.17, 15) is 9.59 Å². The number of rotatable bonds is 2. The maximum absolute atomic E-state index is 11.4. The second-order valence-corrected chi connectivity index (χ2v) is 4.94. The summed E-state index contributed by atoms with van der Waals surface area (Å²) in [7, 11) is 0. The number of nitrogens with one attached hydrogen (secondary N) is 1. The lowest BCUT2D eigenvalue weighted by Crippen LogP contribution is -2.27. The van der Waals surface area contributed by atoms with Gasteiger partial charge in [-0.15, -0.1) is 0 Å². The van der Waals surface area contributed by atoms with E-state index in [0.717, 1.165) is 0 Å². The van der Waals surface area contributed by atoms with Crippen molar-refractivity contribution in [3.05, 3.63) is 17.0 Å². The lowest BCUT2D eigenvalue weighted by Gasteiger charge is -2.19. The molecule has 1 rings (SSSR count). The fraction of sp³-hybridized carbons (Fsp3) is 0.455. The smallest absolute Gasteiger partial charge is 0.413 e. The Hall–Kier alpha value is -1.69. The summed E-state index contributed by atoms with van der Waals surface area (Å²) in [6.07, 6.45) is 0.579. The van der Waals surface area contributed by atoms with Crippen LogP contribution >= 0.6 is 11.6 Å². The molecule has 0 aliphatic heterocycles. The van der Waals surface area contributed by atoms with E-state index in [1.54, 1.807) is 20.8 Å². The predicted octanol–water partition coefficient (Wildman–Crippen LogP) is 2.68. The highest BCUT2D eigenvalue weighted by Crippen LogP contribution is 2.15. The van der Waals surface area contributed by atoms with Crippen LogP contribution in [0.3, 0.4) is 0 Å². The molecule has 0 radical (unpaired) electrons. The number of ketones is 1. The monoisotopic (exact) mass is 271 g/mol. The molecule has 0 bridgehead atoms. The van der Waals surface area contributed by atoms with Crippen molar-refractivity contribution in [2.24, 2.45) is 0 Å². The number of Topliss-reactive ketones (excluding diaryl/α,β-unsaturated/α-hetero) is 1. The van der Waals surface area contributed by atoms with Crippen molar-refractivity contribution in [2.75, 3.05) is 5.32 Å². The molecule has 98 valence electrons. The van der Waals surface area contributed by atoms with Crippen LogP contribution in [-0.2, 0) is 4.74 Å². The number of anilines is 1. The molecule has 0 aliphatic carbocycles. The average Bonchev–Trinajstić information content (AvgIpc) is 2.13. The number of aromatic nitrogens is 2. The second kappa shape index (κ2) is 5.30. The zero-order valence-electron chi connectivity index (χ0n) is 10.6. The van der Waals surface area contributed by atoms with Gasteiger partial charge in [0.25, 0.3) is 0 Å². The predicted molar refractivity (Wildman–Crippen MR) is 66.9 cm³/mol. The summed E-state index contributed by atoms with van der Waals surface area (Å²) in [5, 5.41) is 2.32. The van der Waals surface area contributed by atoms with E-state index in [1.807, 2.05) is 0 Å².